The number of benzene rings is 1. The third-order valence-electron chi connectivity index (χ3n) is 4.27. The number of carbonyl (C=O) groups excluding carboxylic acids is 1. The molecule has 0 aliphatic carbocycles. The van der Waals surface area contributed by atoms with E-state index >= 15 is 0 Å². The fourth-order valence-corrected chi connectivity index (χ4v) is 2.89. The van der Waals surface area contributed by atoms with Crippen molar-refractivity contribution in [2.75, 3.05) is 33.7 Å². The molecule has 0 aromatic heterocycles. The molecule has 1 aromatic carbocycles. The molecule has 1 atom stereocenters. The van der Waals surface area contributed by atoms with Gasteiger partial charge in [-0.05, 0) is 44.1 Å². The molecule has 0 saturated carbocycles. The first kappa shape index (κ1) is 18.6. The van der Waals surface area contributed by atoms with Crippen molar-refractivity contribution >= 4 is 5.91 Å². The summed E-state index contributed by atoms with van der Waals surface area (Å²) in [5, 5.41) is 3.26. The molecular weight excluding hydrogens is 316 g/mol. The first-order chi connectivity index (χ1) is 11.5. The first-order valence-electron chi connectivity index (χ1n) is 8.15. The molecule has 5 nitrogen and oxygen atoms in total. The Balaban J connectivity index is 1.82. The summed E-state index contributed by atoms with van der Waals surface area (Å²) < 4.78 is 28.6. The lowest BCUT2D eigenvalue weighted by Gasteiger charge is -2.33. The van der Waals surface area contributed by atoms with Crippen molar-refractivity contribution in [1.29, 1.82) is 0 Å². The van der Waals surface area contributed by atoms with E-state index in [1.807, 2.05) is 7.05 Å². The molecule has 1 fully saturated rings. The number of alkyl halides is 2. The smallest absolute Gasteiger partial charge is 0.387 e. The number of halogens is 2. The highest BCUT2D eigenvalue weighted by Crippen LogP contribution is 2.16. The molecule has 1 unspecified atom stereocenters. The molecule has 134 valence electrons. The predicted molar refractivity (Wildman–Crippen MR) is 88.1 cm³/mol. The van der Waals surface area contributed by atoms with E-state index in [1.54, 1.807) is 24.1 Å². The van der Waals surface area contributed by atoms with Crippen LogP contribution < -0.4 is 10.1 Å². The number of likely N-dealkylation sites (N-methyl/N-ethyl adjacent to an activating group) is 2. The lowest BCUT2D eigenvalue weighted by molar-refractivity contribution is -0.132. The van der Waals surface area contributed by atoms with Gasteiger partial charge in [-0.25, -0.2) is 0 Å². The van der Waals surface area contributed by atoms with Crippen LogP contribution in [0.4, 0.5) is 8.78 Å². The Morgan fingerprint density at radius 1 is 1.42 bits per heavy atom. The minimum absolute atomic E-state index is 0.0552. The van der Waals surface area contributed by atoms with Gasteiger partial charge in [-0.3, -0.25) is 9.69 Å². The van der Waals surface area contributed by atoms with Gasteiger partial charge in [-0.15, -0.1) is 0 Å². The number of hydrogen-bond acceptors (Lipinski definition) is 4. The maximum atomic E-state index is 12.4. The second kappa shape index (κ2) is 8.94. The Morgan fingerprint density at radius 2 is 2.12 bits per heavy atom. The zero-order valence-corrected chi connectivity index (χ0v) is 14.2. The monoisotopic (exact) mass is 341 g/mol. The number of carbonyl (C=O) groups is 1. The van der Waals surface area contributed by atoms with Gasteiger partial charge < -0.3 is 15.0 Å². The van der Waals surface area contributed by atoms with Crippen molar-refractivity contribution in [2.24, 2.45) is 0 Å². The summed E-state index contributed by atoms with van der Waals surface area (Å²) in [5.74, 6) is 0.175. The van der Waals surface area contributed by atoms with E-state index in [-0.39, 0.29) is 11.7 Å². The van der Waals surface area contributed by atoms with Crippen LogP contribution >= 0.6 is 0 Å². The number of nitrogens with one attached hydrogen (secondary N) is 1. The summed E-state index contributed by atoms with van der Waals surface area (Å²) in [4.78, 5) is 16.2. The van der Waals surface area contributed by atoms with Crippen LogP contribution in [-0.2, 0) is 11.3 Å². The second-order valence-corrected chi connectivity index (χ2v) is 6.14. The highest BCUT2D eigenvalue weighted by atomic mass is 19.3. The molecule has 1 aliphatic rings. The molecule has 7 heteroatoms. The number of ether oxygens (including phenoxy) is 1. The summed E-state index contributed by atoms with van der Waals surface area (Å²) in [6, 6.07) is 6.81. The zero-order chi connectivity index (χ0) is 17.5. The van der Waals surface area contributed by atoms with Crippen LogP contribution in [-0.4, -0.2) is 62.1 Å². The second-order valence-electron chi connectivity index (χ2n) is 6.14. The summed E-state index contributed by atoms with van der Waals surface area (Å²) in [6.45, 7) is -0.156. The Bertz CT molecular complexity index is 525. The van der Waals surface area contributed by atoms with Crippen LogP contribution in [0.1, 0.15) is 18.4 Å². The summed E-state index contributed by atoms with van der Waals surface area (Å²) in [7, 11) is 3.70. The molecule has 1 saturated heterocycles. The van der Waals surface area contributed by atoms with Gasteiger partial charge in [-0.2, -0.15) is 8.78 Å². The SMILES string of the molecule is CNC1CCCN(CC(=O)N(C)Cc2ccc(OC(F)F)cc2)C1. The van der Waals surface area contributed by atoms with Gasteiger partial charge in [0, 0.05) is 26.2 Å². The maximum Gasteiger partial charge on any atom is 0.387 e. The lowest BCUT2D eigenvalue weighted by Crippen LogP contribution is -2.48. The summed E-state index contributed by atoms with van der Waals surface area (Å²) >= 11 is 0. The van der Waals surface area contributed by atoms with Gasteiger partial charge in [0.25, 0.3) is 0 Å². The number of amides is 1. The van der Waals surface area contributed by atoms with E-state index in [9.17, 15) is 13.6 Å². The van der Waals surface area contributed by atoms with E-state index in [2.05, 4.69) is 15.0 Å². The fourth-order valence-electron chi connectivity index (χ4n) is 2.89. The minimum Gasteiger partial charge on any atom is -0.435 e. The van der Waals surface area contributed by atoms with Crippen LogP contribution in [0.25, 0.3) is 0 Å². The average Bonchev–Trinajstić information content (AvgIpc) is 2.56. The van der Waals surface area contributed by atoms with Crippen LogP contribution in [0.5, 0.6) is 5.75 Å². The first-order valence-corrected chi connectivity index (χ1v) is 8.15. The van der Waals surface area contributed by atoms with Gasteiger partial charge in [0.1, 0.15) is 5.75 Å². The maximum absolute atomic E-state index is 12.4. The molecule has 0 spiro atoms. The third kappa shape index (κ3) is 5.72. The lowest BCUT2D eigenvalue weighted by atomic mass is 10.1. The summed E-state index contributed by atoms with van der Waals surface area (Å²) in [5.41, 5.74) is 0.874. The van der Waals surface area contributed by atoms with Gasteiger partial charge >= 0.3 is 6.61 Å². The largest absolute Gasteiger partial charge is 0.435 e. The summed E-state index contributed by atoms with van der Waals surface area (Å²) in [6.07, 6.45) is 2.23. The van der Waals surface area contributed by atoms with Crippen molar-refractivity contribution in [3.63, 3.8) is 0 Å². The molecule has 0 bridgehead atoms. The number of nitrogens with zero attached hydrogens (tertiary/aromatic N) is 2. The number of piperidine rings is 1. The molecular formula is C17H25F2N3O2. The standard InChI is InChI=1S/C17H25F2N3O2/c1-20-14-4-3-9-22(11-14)12-16(23)21(2)10-13-5-7-15(8-6-13)24-17(18)19/h5-8,14,17,20H,3-4,9-12H2,1-2H3. The van der Waals surface area contributed by atoms with E-state index in [0.29, 0.717) is 19.1 Å². The molecule has 24 heavy (non-hydrogen) atoms. The number of likely N-dealkylation sites (tertiary alicyclic amines) is 1. The van der Waals surface area contributed by atoms with Crippen molar-refractivity contribution in [1.82, 2.24) is 15.1 Å². The normalized spacial score (nSPS) is 18.6. The van der Waals surface area contributed by atoms with Crippen LogP contribution in [0, 0.1) is 0 Å². The quantitative estimate of drug-likeness (QED) is 0.823. The van der Waals surface area contributed by atoms with Crippen molar-refractivity contribution in [2.45, 2.75) is 32.0 Å². The number of hydrogen-bond donors (Lipinski definition) is 1. The molecule has 1 aliphatic heterocycles. The zero-order valence-electron chi connectivity index (χ0n) is 14.2. The molecule has 1 heterocycles. The van der Waals surface area contributed by atoms with Crippen LogP contribution in [0.2, 0.25) is 0 Å². The van der Waals surface area contributed by atoms with E-state index in [4.69, 9.17) is 0 Å². The van der Waals surface area contributed by atoms with Crippen LogP contribution in [0.15, 0.2) is 24.3 Å². The molecule has 1 amide bonds. The van der Waals surface area contributed by atoms with Gasteiger partial charge in [0.15, 0.2) is 0 Å². The highest BCUT2D eigenvalue weighted by Gasteiger charge is 2.21. The average molecular weight is 341 g/mol. The minimum atomic E-state index is -2.83. The predicted octanol–water partition coefficient (Wildman–Crippen LogP) is 1.93. The van der Waals surface area contributed by atoms with Crippen molar-refractivity contribution in [3.8, 4) is 5.75 Å². The Morgan fingerprint density at radius 3 is 2.75 bits per heavy atom. The Labute approximate surface area is 141 Å². The molecule has 0 radical (unpaired) electrons. The van der Waals surface area contributed by atoms with Gasteiger partial charge in [0.05, 0.1) is 6.54 Å². The van der Waals surface area contributed by atoms with Crippen molar-refractivity contribution in [3.05, 3.63) is 29.8 Å². The van der Waals surface area contributed by atoms with E-state index in [0.717, 1.165) is 31.5 Å². The third-order valence-corrected chi connectivity index (χ3v) is 4.27. The van der Waals surface area contributed by atoms with Gasteiger partial charge in [0.2, 0.25) is 5.91 Å². The molecule has 1 N–H and O–H groups in total. The molecule has 1 aromatic rings. The molecule has 2 rings (SSSR count). The topological polar surface area (TPSA) is 44.8 Å². The highest BCUT2D eigenvalue weighted by molar-refractivity contribution is 5.78. The number of rotatable bonds is 7. The van der Waals surface area contributed by atoms with Crippen molar-refractivity contribution < 1.29 is 18.3 Å². The van der Waals surface area contributed by atoms with E-state index < -0.39 is 6.61 Å². The van der Waals surface area contributed by atoms with Gasteiger partial charge in [-0.1, -0.05) is 12.1 Å². The Kier molecular flexibility index (Phi) is 6.93. The van der Waals surface area contributed by atoms with Crippen LogP contribution in [0.3, 0.4) is 0 Å². The Hall–Kier alpha value is -1.73. The van der Waals surface area contributed by atoms with E-state index in [1.165, 1.54) is 12.1 Å². The fraction of sp³-hybridized carbons (Fsp3) is 0.588.